The van der Waals surface area contributed by atoms with E-state index in [1.54, 1.807) is 16.9 Å². The molecular formula is C18H24N4O2. The maximum atomic E-state index is 12.9. The molecule has 0 atom stereocenters. The average Bonchev–Trinajstić information content (AvgIpc) is 2.95. The molecule has 0 bridgehead atoms. The monoisotopic (exact) mass is 328 g/mol. The quantitative estimate of drug-likeness (QED) is 0.933. The number of amides is 1. The number of hydrogen-bond donors (Lipinski definition) is 1. The second-order valence-corrected chi connectivity index (χ2v) is 6.76. The largest absolute Gasteiger partial charge is 0.333 e. The van der Waals surface area contributed by atoms with Gasteiger partial charge >= 0.3 is 0 Å². The van der Waals surface area contributed by atoms with Crippen LogP contribution in [0.25, 0.3) is 0 Å². The number of hydrogen-bond acceptors (Lipinski definition) is 3. The Balaban J connectivity index is 1.83. The third kappa shape index (κ3) is 3.27. The van der Waals surface area contributed by atoms with Crippen molar-refractivity contribution in [1.29, 1.82) is 0 Å². The first-order chi connectivity index (χ1) is 11.5. The van der Waals surface area contributed by atoms with Gasteiger partial charge in [-0.1, -0.05) is 13.8 Å². The lowest BCUT2D eigenvalue weighted by molar-refractivity contribution is 0.0722. The standard InChI is InChI=1S/C18H24N4O2/c1-4-22-16(9-15(20-22)7-12(2)3)18(24)21-6-5-13-8-17(23)19-10-14(13)11-21/h8-10,12H,4-7,11H2,1-3H3,(H,19,23). The van der Waals surface area contributed by atoms with Gasteiger partial charge in [-0.2, -0.15) is 5.10 Å². The van der Waals surface area contributed by atoms with Crippen LogP contribution in [0.3, 0.4) is 0 Å². The number of H-pyrrole nitrogens is 1. The summed E-state index contributed by atoms with van der Waals surface area (Å²) in [6, 6.07) is 3.56. The van der Waals surface area contributed by atoms with Crippen LogP contribution in [-0.2, 0) is 25.9 Å². The summed E-state index contributed by atoms with van der Waals surface area (Å²) in [4.78, 5) is 28.9. The van der Waals surface area contributed by atoms with Crippen LogP contribution in [0.1, 0.15) is 48.1 Å². The summed E-state index contributed by atoms with van der Waals surface area (Å²) in [7, 11) is 0. The molecule has 0 saturated heterocycles. The molecule has 2 aromatic heterocycles. The van der Waals surface area contributed by atoms with E-state index in [-0.39, 0.29) is 11.5 Å². The molecule has 24 heavy (non-hydrogen) atoms. The Morgan fingerprint density at radius 1 is 1.33 bits per heavy atom. The van der Waals surface area contributed by atoms with E-state index >= 15 is 0 Å². The molecule has 6 nitrogen and oxygen atoms in total. The molecular weight excluding hydrogens is 304 g/mol. The fourth-order valence-corrected chi connectivity index (χ4v) is 3.20. The fraction of sp³-hybridized carbons (Fsp3) is 0.500. The Kier molecular flexibility index (Phi) is 4.55. The van der Waals surface area contributed by atoms with E-state index in [1.165, 1.54) is 0 Å². The normalized spacial score (nSPS) is 14.1. The first-order valence-electron chi connectivity index (χ1n) is 8.54. The molecule has 128 valence electrons. The van der Waals surface area contributed by atoms with Gasteiger partial charge in [-0.25, -0.2) is 0 Å². The minimum atomic E-state index is -0.0871. The van der Waals surface area contributed by atoms with Crippen molar-refractivity contribution in [2.45, 2.75) is 46.7 Å². The number of rotatable bonds is 4. The zero-order chi connectivity index (χ0) is 17.3. The summed E-state index contributed by atoms with van der Waals surface area (Å²) >= 11 is 0. The molecule has 0 aromatic carbocycles. The molecule has 0 spiro atoms. The van der Waals surface area contributed by atoms with Crippen LogP contribution in [0.15, 0.2) is 23.1 Å². The smallest absolute Gasteiger partial charge is 0.272 e. The number of carbonyl (C=O) groups is 1. The molecule has 0 radical (unpaired) electrons. The highest BCUT2D eigenvalue weighted by atomic mass is 16.2. The van der Waals surface area contributed by atoms with Gasteiger partial charge in [0.15, 0.2) is 0 Å². The van der Waals surface area contributed by atoms with Gasteiger partial charge in [-0.05, 0) is 42.9 Å². The first-order valence-corrected chi connectivity index (χ1v) is 8.54. The Bertz CT molecular complexity index is 804. The number of pyridine rings is 1. The van der Waals surface area contributed by atoms with Gasteiger partial charge in [0.2, 0.25) is 5.56 Å². The molecule has 1 aliphatic rings. The topological polar surface area (TPSA) is 71.0 Å². The molecule has 0 saturated carbocycles. The lowest BCUT2D eigenvalue weighted by Crippen LogP contribution is -2.37. The highest BCUT2D eigenvalue weighted by Crippen LogP contribution is 2.19. The predicted octanol–water partition coefficient (Wildman–Crippen LogP) is 1.99. The number of aromatic amines is 1. The molecule has 1 amide bonds. The van der Waals surface area contributed by atoms with Crippen LogP contribution < -0.4 is 5.56 Å². The number of nitrogens with zero attached hydrogens (tertiary/aromatic N) is 3. The van der Waals surface area contributed by atoms with Crippen molar-refractivity contribution in [2.24, 2.45) is 5.92 Å². The van der Waals surface area contributed by atoms with Gasteiger partial charge in [0.25, 0.3) is 5.91 Å². The number of aromatic nitrogens is 3. The molecule has 0 unspecified atom stereocenters. The lowest BCUT2D eigenvalue weighted by Gasteiger charge is -2.28. The third-order valence-electron chi connectivity index (χ3n) is 4.37. The summed E-state index contributed by atoms with van der Waals surface area (Å²) in [5.41, 5.74) is 3.58. The Labute approximate surface area is 141 Å². The van der Waals surface area contributed by atoms with Crippen LogP contribution in [0.5, 0.6) is 0 Å². The zero-order valence-electron chi connectivity index (χ0n) is 14.5. The van der Waals surface area contributed by atoms with Crippen molar-refractivity contribution < 1.29 is 4.79 Å². The van der Waals surface area contributed by atoms with E-state index < -0.39 is 0 Å². The van der Waals surface area contributed by atoms with Crippen LogP contribution in [0, 0.1) is 5.92 Å². The van der Waals surface area contributed by atoms with Gasteiger partial charge in [-0.15, -0.1) is 0 Å². The van der Waals surface area contributed by atoms with Gasteiger partial charge < -0.3 is 9.88 Å². The maximum absolute atomic E-state index is 12.9. The molecule has 3 heterocycles. The molecule has 6 heteroatoms. The van der Waals surface area contributed by atoms with E-state index in [2.05, 4.69) is 23.9 Å². The fourth-order valence-electron chi connectivity index (χ4n) is 3.20. The van der Waals surface area contributed by atoms with Crippen molar-refractivity contribution in [3.8, 4) is 0 Å². The molecule has 3 rings (SSSR count). The maximum Gasteiger partial charge on any atom is 0.272 e. The van der Waals surface area contributed by atoms with Crippen molar-refractivity contribution in [2.75, 3.05) is 6.54 Å². The van der Waals surface area contributed by atoms with Crippen LogP contribution in [0.4, 0.5) is 0 Å². The minimum absolute atomic E-state index is 0.0104. The summed E-state index contributed by atoms with van der Waals surface area (Å²) in [5, 5.41) is 4.56. The number of aryl methyl sites for hydroxylation is 1. The van der Waals surface area contributed by atoms with Crippen LogP contribution in [-0.4, -0.2) is 32.1 Å². The van der Waals surface area contributed by atoms with Crippen molar-refractivity contribution in [3.05, 3.63) is 51.2 Å². The molecule has 2 aromatic rings. The summed E-state index contributed by atoms with van der Waals surface area (Å²) in [6.45, 7) is 8.13. The zero-order valence-corrected chi connectivity index (χ0v) is 14.5. The summed E-state index contributed by atoms with van der Waals surface area (Å²) < 4.78 is 1.79. The van der Waals surface area contributed by atoms with Crippen molar-refractivity contribution >= 4 is 5.91 Å². The Morgan fingerprint density at radius 2 is 2.12 bits per heavy atom. The van der Waals surface area contributed by atoms with E-state index in [4.69, 9.17) is 0 Å². The van der Waals surface area contributed by atoms with E-state index in [0.717, 1.165) is 23.2 Å². The Hall–Kier alpha value is -2.37. The molecule has 1 N–H and O–H groups in total. The van der Waals surface area contributed by atoms with Gasteiger partial charge in [-0.3, -0.25) is 14.3 Å². The second kappa shape index (κ2) is 6.63. The lowest BCUT2D eigenvalue weighted by atomic mass is 10.0. The number of fused-ring (bicyclic) bond motifs is 1. The summed E-state index contributed by atoms with van der Waals surface area (Å²) in [5.74, 6) is 0.517. The summed E-state index contributed by atoms with van der Waals surface area (Å²) in [6.07, 6.45) is 3.31. The van der Waals surface area contributed by atoms with Crippen molar-refractivity contribution in [3.63, 3.8) is 0 Å². The average molecular weight is 328 g/mol. The SMILES string of the molecule is CCn1nc(CC(C)C)cc1C(=O)N1CCc2cc(=O)[nH]cc2C1. The third-order valence-corrected chi connectivity index (χ3v) is 4.37. The van der Waals surface area contributed by atoms with Crippen LogP contribution >= 0.6 is 0 Å². The first kappa shape index (κ1) is 16.5. The molecule has 0 aliphatic carbocycles. The molecule has 0 fully saturated rings. The highest BCUT2D eigenvalue weighted by Gasteiger charge is 2.25. The Morgan fingerprint density at radius 3 is 2.83 bits per heavy atom. The number of carbonyl (C=O) groups excluding carboxylic acids is 1. The van der Waals surface area contributed by atoms with Gasteiger partial charge in [0, 0.05) is 31.9 Å². The minimum Gasteiger partial charge on any atom is -0.333 e. The molecule has 1 aliphatic heterocycles. The van der Waals surface area contributed by atoms with E-state index in [0.29, 0.717) is 37.7 Å². The van der Waals surface area contributed by atoms with Crippen LogP contribution in [0.2, 0.25) is 0 Å². The van der Waals surface area contributed by atoms with Gasteiger partial charge in [0.05, 0.1) is 5.69 Å². The second-order valence-electron chi connectivity index (χ2n) is 6.76. The predicted molar refractivity (Wildman–Crippen MR) is 92.0 cm³/mol. The highest BCUT2D eigenvalue weighted by molar-refractivity contribution is 5.92. The number of nitrogens with one attached hydrogen (secondary N) is 1. The van der Waals surface area contributed by atoms with Gasteiger partial charge in [0.1, 0.15) is 5.69 Å². The van der Waals surface area contributed by atoms with E-state index in [1.807, 2.05) is 17.9 Å². The van der Waals surface area contributed by atoms with E-state index in [9.17, 15) is 9.59 Å². The van der Waals surface area contributed by atoms with Crippen molar-refractivity contribution in [1.82, 2.24) is 19.7 Å².